The fourth-order valence-electron chi connectivity index (χ4n) is 1.95. The summed E-state index contributed by atoms with van der Waals surface area (Å²) in [4.78, 5) is 4.23. The molecule has 0 fully saturated rings. The van der Waals surface area contributed by atoms with Gasteiger partial charge in [0.2, 0.25) is 0 Å². The first kappa shape index (κ1) is 14.5. The summed E-state index contributed by atoms with van der Waals surface area (Å²) in [7, 11) is 0. The highest BCUT2D eigenvalue weighted by molar-refractivity contribution is 5.41. The average Bonchev–Trinajstić information content (AvgIpc) is 2.41. The predicted molar refractivity (Wildman–Crippen MR) is 82.1 cm³/mol. The Bertz CT molecular complexity index is 583. The molecule has 106 valence electrons. The molecule has 0 atom stereocenters. The molecule has 2 rings (SSSR count). The monoisotopic (exact) mass is 270 g/mol. The molecule has 20 heavy (non-hydrogen) atoms. The first-order valence-electron chi connectivity index (χ1n) is 6.84. The molecule has 0 aliphatic carbocycles. The van der Waals surface area contributed by atoms with Crippen LogP contribution in [0.4, 0.5) is 0 Å². The maximum Gasteiger partial charge on any atom is 0.145 e. The molecular formula is C17H22N2O. The zero-order valence-corrected chi connectivity index (χ0v) is 12.6. The van der Waals surface area contributed by atoms with Gasteiger partial charge in [-0.3, -0.25) is 4.98 Å². The van der Waals surface area contributed by atoms with E-state index in [2.05, 4.69) is 44.8 Å². The van der Waals surface area contributed by atoms with Crippen molar-refractivity contribution in [3.8, 4) is 11.5 Å². The van der Waals surface area contributed by atoms with Gasteiger partial charge in [-0.25, -0.2) is 0 Å². The number of ether oxygens (including phenoxy) is 1. The molecular weight excluding hydrogens is 248 g/mol. The number of hydrogen-bond acceptors (Lipinski definition) is 3. The van der Waals surface area contributed by atoms with E-state index in [1.165, 1.54) is 5.56 Å². The second-order valence-electron chi connectivity index (χ2n) is 6.02. The Hall–Kier alpha value is -1.87. The SMILES string of the molecule is Cc1cc(C(C)(C)C)ccc1Oc1ccc(CN)nc1. The smallest absolute Gasteiger partial charge is 0.145 e. The molecule has 0 aliphatic rings. The summed E-state index contributed by atoms with van der Waals surface area (Å²) < 4.78 is 5.87. The summed E-state index contributed by atoms with van der Waals surface area (Å²) in [5.41, 5.74) is 8.97. The van der Waals surface area contributed by atoms with Crippen LogP contribution in [0.1, 0.15) is 37.6 Å². The van der Waals surface area contributed by atoms with Gasteiger partial charge in [-0.1, -0.05) is 32.9 Å². The van der Waals surface area contributed by atoms with Crippen molar-refractivity contribution in [1.29, 1.82) is 0 Å². The van der Waals surface area contributed by atoms with Crippen LogP contribution in [-0.4, -0.2) is 4.98 Å². The Morgan fingerprint density at radius 3 is 2.40 bits per heavy atom. The van der Waals surface area contributed by atoms with E-state index in [1.54, 1.807) is 6.20 Å². The highest BCUT2D eigenvalue weighted by Gasteiger charge is 2.14. The minimum absolute atomic E-state index is 0.146. The Morgan fingerprint density at radius 1 is 1.15 bits per heavy atom. The fourth-order valence-corrected chi connectivity index (χ4v) is 1.95. The Kier molecular flexibility index (Phi) is 4.09. The minimum atomic E-state index is 0.146. The topological polar surface area (TPSA) is 48.1 Å². The summed E-state index contributed by atoms with van der Waals surface area (Å²) in [6.07, 6.45) is 1.71. The number of rotatable bonds is 3. The second-order valence-corrected chi connectivity index (χ2v) is 6.02. The van der Waals surface area contributed by atoms with E-state index >= 15 is 0 Å². The van der Waals surface area contributed by atoms with Gasteiger partial charge < -0.3 is 10.5 Å². The minimum Gasteiger partial charge on any atom is -0.455 e. The van der Waals surface area contributed by atoms with Crippen molar-refractivity contribution in [3.63, 3.8) is 0 Å². The lowest BCUT2D eigenvalue weighted by Crippen LogP contribution is -2.11. The van der Waals surface area contributed by atoms with E-state index in [-0.39, 0.29) is 5.41 Å². The largest absolute Gasteiger partial charge is 0.455 e. The molecule has 3 heteroatoms. The number of pyridine rings is 1. The molecule has 0 aliphatic heterocycles. The molecule has 1 aromatic carbocycles. The van der Waals surface area contributed by atoms with Crippen LogP contribution < -0.4 is 10.5 Å². The van der Waals surface area contributed by atoms with Gasteiger partial charge in [-0.05, 0) is 41.7 Å². The van der Waals surface area contributed by atoms with Gasteiger partial charge in [0, 0.05) is 6.54 Å². The lowest BCUT2D eigenvalue weighted by atomic mass is 9.86. The zero-order valence-electron chi connectivity index (χ0n) is 12.6. The normalized spacial score (nSPS) is 11.4. The summed E-state index contributed by atoms with van der Waals surface area (Å²) in [6.45, 7) is 9.12. The number of nitrogens with two attached hydrogens (primary N) is 1. The van der Waals surface area contributed by atoms with E-state index in [4.69, 9.17) is 10.5 Å². The number of nitrogens with zero attached hydrogens (tertiary/aromatic N) is 1. The fraction of sp³-hybridized carbons (Fsp3) is 0.353. The first-order valence-corrected chi connectivity index (χ1v) is 6.84. The maximum absolute atomic E-state index is 5.87. The van der Waals surface area contributed by atoms with Gasteiger partial charge >= 0.3 is 0 Å². The summed E-state index contributed by atoms with van der Waals surface area (Å²) in [5.74, 6) is 1.59. The number of aromatic nitrogens is 1. The number of hydrogen-bond donors (Lipinski definition) is 1. The number of benzene rings is 1. The van der Waals surface area contributed by atoms with Crippen LogP contribution in [0, 0.1) is 6.92 Å². The molecule has 0 saturated heterocycles. The molecule has 0 saturated carbocycles. The highest BCUT2D eigenvalue weighted by Crippen LogP contribution is 2.30. The number of aryl methyl sites for hydroxylation is 1. The lowest BCUT2D eigenvalue weighted by molar-refractivity contribution is 0.474. The van der Waals surface area contributed by atoms with Crippen LogP contribution >= 0.6 is 0 Å². The second kappa shape index (κ2) is 5.63. The van der Waals surface area contributed by atoms with Gasteiger partial charge in [0.05, 0.1) is 11.9 Å². The lowest BCUT2D eigenvalue weighted by Gasteiger charge is -2.20. The molecule has 0 radical (unpaired) electrons. The molecule has 3 nitrogen and oxygen atoms in total. The van der Waals surface area contributed by atoms with Gasteiger partial charge in [0.15, 0.2) is 0 Å². The highest BCUT2D eigenvalue weighted by atomic mass is 16.5. The average molecular weight is 270 g/mol. The van der Waals surface area contributed by atoms with E-state index in [0.717, 1.165) is 22.8 Å². The van der Waals surface area contributed by atoms with Crippen molar-refractivity contribution in [2.45, 2.75) is 39.7 Å². The van der Waals surface area contributed by atoms with E-state index in [9.17, 15) is 0 Å². The van der Waals surface area contributed by atoms with Crippen LogP contribution in [0.2, 0.25) is 0 Å². The summed E-state index contributed by atoms with van der Waals surface area (Å²) in [5, 5.41) is 0. The molecule has 2 N–H and O–H groups in total. The first-order chi connectivity index (χ1) is 9.40. The molecule has 1 heterocycles. The van der Waals surface area contributed by atoms with Gasteiger partial charge in [0.25, 0.3) is 0 Å². The maximum atomic E-state index is 5.87. The van der Waals surface area contributed by atoms with Crippen LogP contribution in [-0.2, 0) is 12.0 Å². The van der Waals surface area contributed by atoms with Crippen molar-refractivity contribution in [2.24, 2.45) is 5.73 Å². The van der Waals surface area contributed by atoms with Gasteiger partial charge in [-0.15, -0.1) is 0 Å². The molecule has 1 aromatic heterocycles. The van der Waals surface area contributed by atoms with Crippen LogP contribution in [0.25, 0.3) is 0 Å². The third-order valence-electron chi connectivity index (χ3n) is 3.28. The molecule has 0 unspecified atom stereocenters. The van der Waals surface area contributed by atoms with Crippen molar-refractivity contribution in [2.75, 3.05) is 0 Å². The summed E-state index contributed by atoms with van der Waals surface area (Å²) >= 11 is 0. The standard InChI is InChI=1S/C17H22N2O/c1-12-9-13(17(2,3)4)5-8-16(12)20-15-7-6-14(10-18)19-11-15/h5-9,11H,10,18H2,1-4H3. The Labute approximate surface area is 120 Å². The molecule has 2 aromatic rings. The van der Waals surface area contributed by atoms with Crippen LogP contribution in [0.3, 0.4) is 0 Å². The van der Waals surface area contributed by atoms with Crippen molar-refractivity contribution in [3.05, 3.63) is 53.3 Å². The zero-order chi connectivity index (χ0) is 14.8. The van der Waals surface area contributed by atoms with Crippen molar-refractivity contribution >= 4 is 0 Å². The van der Waals surface area contributed by atoms with Gasteiger partial charge in [0.1, 0.15) is 11.5 Å². The molecule has 0 spiro atoms. The van der Waals surface area contributed by atoms with Crippen LogP contribution in [0.15, 0.2) is 36.5 Å². The van der Waals surface area contributed by atoms with E-state index < -0.39 is 0 Å². The van der Waals surface area contributed by atoms with E-state index in [0.29, 0.717) is 6.54 Å². The van der Waals surface area contributed by atoms with Crippen molar-refractivity contribution in [1.82, 2.24) is 4.98 Å². The van der Waals surface area contributed by atoms with Crippen molar-refractivity contribution < 1.29 is 4.74 Å². The third kappa shape index (κ3) is 3.36. The van der Waals surface area contributed by atoms with Gasteiger partial charge in [-0.2, -0.15) is 0 Å². The Balaban J connectivity index is 2.21. The molecule has 0 bridgehead atoms. The summed E-state index contributed by atoms with van der Waals surface area (Å²) in [6, 6.07) is 10.1. The third-order valence-corrected chi connectivity index (χ3v) is 3.28. The Morgan fingerprint density at radius 2 is 1.90 bits per heavy atom. The van der Waals surface area contributed by atoms with Crippen LogP contribution in [0.5, 0.6) is 11.5 Å². The quantitative estimate of drug-likeness (QED) is 0.919. The predicted octanol–water partition coefficient (Wildman–Crippen LogP) is 3.94. The van der Waals surface area contributed by atoms with E-state index in [1.807, 2.05) is 18.2 Å². The molecule has 0 amide bonds.